The predicted octanol–water partition coefficient (Wildman–Crippen LogP) is 3.29. The number of carbonyl (C=O) groups is 2. The summed E-state index contributed by atoms with van der Waals surface area (Å²) >= 11 is 0. The number of nitrogens with zero attached hydrogens (tertiary/aromatic N) is 1. The lowest BCUT2D eigenvalue weighted by Gasteiger charge is -2.43. The molecule has 1 saturated heterocycles. The molecule has 2 aliphatic heterocycles. The van der Waals surface area contributed by atoms with Crippen LogP contribution in [-0.2, 0) is 4.74 Å². The van der Waals surface area contributed by atoms with Crippen molar-refractivity contribution in [2.45, 2.75) is 38.7 Å². The van der Waals surface area contributed by atoms with Crippen molar-refractivity contribution in [3.63, 3.8) is 0 Å². The molecule has 0 atom stereocenters. The Morgan fingerprint density at radius 1 is 1.32 bits per heavy atom. The number of rotatable bonds is 3. The van der Waals surface area contributed by atoms with Gasteiger partial charge in [0.15, 0.2) is 5.78 Å². The largest absolute Gasteiger partial charge is 0.497 e. The molecule has 1 aromatic rings. The first-order valence-corrected chi connectivity index (χ1v) is 8.74. The number of hydrogen-bond acceptors (Lipinski definition) is 5. The summed E-state index contributed by atoms with van der Waals surface area (Å²) < 4.78 is 16.7. The van der Waals surface area contributed by atoms with Gasteiger partial charge in [-0.3, -0.25) is 4.79 Å². The van der Waals surface area contributed by atoms with Gasteiger partial charge in [-0.15, -0.1) is 0 Å². The zero-order chi connectivity index (χ0) is 18.0. The monoisotopic (exact) mass is 347 g/mol. The van der Waals surface area contributed by atoms with Crippen molar-refractivity contribution in [1.29, 1.82) is 0 Å². The van der Waals surface area contributed by atoms with Gasteiger partial charge in [-0.05, 0) is 24.1 Å². The Bertz CT molecular complexity index is 662. The molecule has 0 saturated carbocycles. The molecule has 136 valence electrons. The van der Waals surface area contributed by atoms with Crippen LogP contribution in [0.4, 0.5) is 4.79 Å². The molecule has 2 aliphatic rings. The van der Waals surface area contributed by atoms with Gasteiger partial charge < -0.3 is 19.1 Å². The Morgan fingerprint density at radius 3 is 2.68 bits per heavy atom. The van der Waals surface area contributed by atoms with Gasteiger partial charge in [0, 0.05) is 25.9 Å². The van der Waals surface area contributed by atoms with Gasteiger partial charge in [0.2, 0.25) is 0 Å². The summed E-state index contributed by atoms with van der Waals surface area (Å²) in [6.07, 6.45) is 1.31. The van der Waals surface area contributed by atoms with Crippen LogP contribution in [0.15, 0.2) is 18.2 Å². The van der Waals surface area contributed by atoms with Gasteiger partial charge in [-0.1, -0.05) is 13.8 Å². The molecule has 0 aromatic heterocycles. The number of ketones is 1. The second kappa shape index (κ2) is 6.94. The molecular formula is C19H25NO5. The van der Waals surface area contributed by atoms with Crippen molar-refractivity contribution < 1.29 is 23.8 Å². The van der Waals surface area contributed by atoms with Crippen molar-refractivity contribution >= 4 is 11.9 Å². The Hall–Kier alpha value is -2.24. The van der Waals surface area contributed by atoms with Crippen molar-refractivity contribution in [3.8, 4) is 11.5 Å². The van der Waals surface area contributed by atoms with Crippen LogP contribution in [0.5, 0.6) is 11.5 Å². The molecule has 2 heterocycles. The summed E-state index contributed by atoms with van der Waals surface area (Å²) in [5.74, 6) is 1.63. The maximum atomic E-state index is 12.6. The molecule has 0 unspecified atom stereocenters. The van der Waals surface area contributed by atoms with E-state index in [1.807, 2.05) is 13.8 Å². The number of carbonyl (C=O) groups excluding carboxylic acids is 2. The highest BCUT2D eigenvalue weighted by Gasteiger charge is 2.44. The van der Waals surface area contributed by atoms with Crippen LogP contribution in [0.25, 0.3) is 0 Å². The van der Waals surface area contributed by atoms with Crippen LogP contribution in [0.1, 0.15) is 43.5 Å². The van der Waals surface area contributed by atoms with Crippen molar-refractivity contribution in [2.75, 3.05) is 26.8 Å². The van der Waals surface area contributed by atoms with Crippen LogP contribution < -0.4 is 9.47 Å². The minimum atomic E-state index is -0.520. The van der Waals surface area contributed by atoms with E-state index >= 15 is 0 Å². The number of methoxy groups -OCH3 is 1. The predicted molar refractivity (Wildman–Crippen MR) is 92.3 cm³/mol. The fraction of sp³-hybridized carbons (Fsp3) is 0.579. The molecular weight excluding hydrogens is 322 g/mol. The minimum Gasteiger partial charge on any atom is -0.497 e. The quantitative estimate of drug-likeness (QED) is 0.839. The molecule has 0 aliphatic carbocycles. The summed E-state index contributed by atoms with van der Waals surface area (Å²) in [5.41, 5.74) is 0.0526. The average Bonchev–Trinajstić information content (AvgIpc) is 2.60. The molecule has 1 fully saturated rings. The molecule has 25 heavy (non-hydrogen) atoms. The number of amides is 1. The van der Waals surface area contributed by atoms with Gasteiger partial charge in [-0.25, -0.2) is 4.79 Å². The molecule has 0 radical (unpaired) electrons. The number of Topliss-reactive ketones (excluding diaryl/α,β-unsaturated/α-hetero) is 1. The zero-order valence-electron chi connectivity index (χ0n) is 15.0. The van der Waals surface area contributed by atoms with Crippen LogP contribution in [0.2, 0.25) is 0 Å². The fourth-order valence-corrected chi connectivity index (χ4v) is 3.31. The Kier molecular flexibility index (Phi) is 4.88. The Labute approximate surface area is 148 Å². The third kappa shape index (κ3) is 3.72. The highest BCUT2D eigenvalue weighted by atomic mass is 16.6. The molecule has 6 heteroatoms. The van der Waals surface area contributed by atoms with E-state index in [4.69, 9.17) is 14.2 Å². The lowest BCUT2D eigenvalue weighted by molar-refractivity contribution is -0.0101. The number of ether oxygens (including phenoxy) is 3. The molecule has 1 aromatic carbocycles. The number of piperidine rings is 1. The highest BCUT2D eigenvalue weighted by molar-refractivity contribution is 6.00. The number of benzene rings is 1. The molecule has 3 rings (SSSR count). The highest BCUT2D eigenvalue weighted by Crippen LogP contribution is 2.40. The molecule has 0 N–H and O–H groups in total. The summed E-state index contributed by atoms with van der Waals surface area (Å²) in [6.45, 7) is 5.51. The second-order valence-corrected chi connectivity index (χ2v) is 7.20. The van der Waals surface area contributed by atoms with E-state index in [0.717, 1.165) is 0 Å². The molecule has 1 amide bonds. The van der Waals surface area contributed by atoms with Gasteiger partial charge in [-0.2, -0.15) is 0 Å². The third-order valence-corrected chi connectivity index (χ3v) is 4.77. The Morgan fingerprint density at radius 2 is 2.04 bits per heavy atom. The summed E-state index contributed by atoms with van der Waals surface area (Å²) in [6, 6.07) is 5.31. The van der Waals surface area contributed by atoms with Crippen molar-refractivity contribution in [2.24, 2.45) is 5.92 Å². The normalized spacial score (nSPS) is 18.7. The van der Waals surface area contributed by atoms with Gasteiger partial charge >= 0.3 is 6.09 Å². The van der Waals surface area contributed by atoms with Gasteiger partial charge in [0.25, 0.3) is 0 Å². The number of likely N-dealkylation sites (tertiary alicyclic amines) is 1. The standard InChI is InChI=1S/C19H25NO5/c1-13(2)12-24-18(22)20-8-6-19(7-9-20)11-16(21)15-10-14(23-3)4-5-17(15)25-19/h4-5,10,13H,6-9,11-12H2,1-3H3. The van der Waals surface area contributed by atoms with E-state index in [0.29, 0.717) is 61.9 Å². The van der Waals surface area contributed by atoms with Gasteiger partial charge in [0.05, 0.1) is 25.7 Å². The zero-order valence-corrected chi connectivity index (χ0v) is 15.0. The van der Waals surface area contributed by atoms with Crippen LogP contribution in [-0.4, -0.2) is 49.2 Å². The lowest BCUT2D eigenvalue weighted by atomic mass is 9.82. The van der Waals surface area contributed by atoms with E-state index in [2.05, 4.69) is 0 Å². The summed E-state index contributed by atoms with van der Waals surface area (Å²) in [4.78, 5) is 26.4. The molecule has 6 nitrogen and oxygen atoms in total. The lowest BCUT2D eigenvalue weighted by Crippen LogP contribution is -2.52. The van der Waals surface area contributed by atoms with Crippen molar-refractivity contribution in [1.82, 2.24) is 4.90 Å². The second-order valence-electron chi connectivity index (χ2n) is 7.20. The minimum absolute atomic E-state index is 0.0657. The first kappa shape index (κ1) is 17.6. The first-order chi connectivity index (χ1) is 11.9. The van der Waals surface area contributed by atoms with Crippen LogP contribution in [0.3, 0.4) is 0 Å². The van der Waals surface area contributed by atoms with E-state index in [1.165, 1.54) is 0 Å². The van der Waals surface area contributed by atoms with Crippen LogP contribution in [0, 0.1) is 5.92 Å². The smallest absolute Gasteiger partial charge is 0.409 e. The third-order valence-electron chi connectivity index (χ3n) is 4.77. The summed E-state index contributed by atoms with van der Waals surface area (Å²) in [7, 11) is 1.57. The summed E-state index contributed by atoms with van der Waals surface area (Å²) in [5, 5.41) is 0. The van der Waals surface area contributed by atoms with E-state index in [-0.39, 0.29) is 11.9 Å². The molecule has 1 spiro atoms. The van der Waals surface area contributed by atoms with E-state index < -0.39 is 5.60 Å². The van der Waals surface area contributed by atoms with Crippen molar-refractivity contribution in [3.05, 3.63) is 23.8 Å². The average molecular weight is 347 g/mol. The number of fused-ring (bicyclic) bond motifs is 1. The van der Waals surface area contributed by atoms with E-state index in [1.54, 1.807) is 30.2 Å². The van der Waals surface area contributed by atoms with E-state index in [9.17, 15) is 9.59 Å². The fourth-order valence-electron chi connectivity index (χ4n) is 3.31. The maximum absolute atomic E-state index is 12.6. The topological polar surface area (TPSA) is 65.1 Å². The Balaban J connectivity index is 1.65. The first-order valence-electron chi connectivity index (χ1n) is 8.74. The number of hydrogen-bond donors (Lipinski definition) is 0. The maximum Gasteiger partial charge on any atom is 0.409 e. The molecule has 0 bridgehead atoms. The van der Waals surface area contributed by atoms with Crippen LogP contribution >= 0.6 is 0 Å². The van der Waals surface area contributed by atoms with Gasteiger partial charge in [0.1, 0.15) is 17.1 Å². The SMILES string of the molecule is COc1ccc2c(c1)C(=O)CC1(CCN(C(=O)OCC(C)C)CC1)O2.